The van der Waals surface area contributed by atoms with E-state index in [4.69, 9.17) is 5.73 Å². The summed E-state index contributed by atoms with van der Waals surface area (Å²) in [5.41, 5.74) is 6.63. The summed E-state index contributed by atoms with van der Waals surface area (Å²) in [5.74, 6) is 2.58. The molecule has 2 rings (SSSR count). The van der Waals surface area contributed by atoms with Gasteiger partial charge < -0.3 is 10.3 Å². The maximum absolute atomic E-state index is 6.40. The Labute approximate surface area is 111 Å². The Morgan fingerprint density at radius 2 is 2.17 bits per heavy atom. The lowest BCUT2D eigenvalue weighted by atomic mass is 9.65. The normalized spacial score (nSPS) is 29.5. The Bertz CT molecular complexity index is 394. The lowest BCUT2D eigenvalue weighted by molar-refractivity contribution is 0.110. The Balaban J connectivity index is 2.08. The molecule has 1 heterocycles. The molecule has 0 radical (unpaired) electrons. The maximum atomic E-state index is 6.40. The fraction of sp³-hybridized carbons (Fsp3) is 0.800. The topological polar surface area (TPSA) is 43.8 Å². The van der Waals surface area contributed by atoms with Gasteiger partial charge in [-0.05, 0) is 30.1 Å². The molecule has 1 saturated carbocycles. The lowest BCUT2D eigenvalue weighted by Crippen LogP contribution is -2.44. The molecule has 102 valence electrons. The van der Waals surface area contributed by atoms with E-state index in [2.05, 4.69) is 37.4 Å². The SMILES string of the molecule is CC1CCC(C(C)(C)Cc2nccn2C)C(N)C1. The predicted molar refractivity (Wildman–Crippen MR) is 75.2 cm³/mol. The van der Waals surface area contributed by atoms with Crippen LogP contribution in [-0.2, 0) is 13.5 Å². The van der Waals surface area contributed by atoms with Crippen LogP contribution in [-0.4, -0.2) is 15.6 Å². The van der Waals surface area contributed by atoms with Crippen LogP contribution >= 0.6 is 0 Å². The number of hydrogen-bond donors (Lipinski definition) is 1. The van der Waals surface area contributed by atoms with E-state index in [1.165, 1.54) is 25.1 Å². The van der Waals surface area contributed by atoms with Gasteiger partial charge in [0.15, 0.2) is 0 Å². The van der Waals surface area contributed by atoms with Crippen LogP contribution < -0.4 is 5.73 Å². The Morgan fingerprint density at radius 1 is 1.44 bits per heavy atom. The minimum atomic E-state index is 0.235. The van der Waals surface area contributed by atoms with Crippen molar-refractivity contribution in [3.63, 3.8) is 0 Å². The van der Waals surface area contributed by atoms with Gasteiger partial charge in [-0.1, -0.05) is 27.2 Å². The zero-order valence-electron chi connectivity index (χ0n) is 12.2. The van der Waals surface area contributed by atoms with E-state index in [0.717, 1.165) is 12.3 Å². The number of aromatic nitrogens is 2. The van der Waals surface area contributed by atoms with Crippen molar-refractivity contribution >= 4 is 0 Å². The highest BCUT2D eigenvalue weighted by Gasteiger charge is 2.37. The summed E-state index contributed by atoms with van der Waals surface area (Å²) >= 11 is 0. The molecule has 2 N–H and O–H groups in total. The Morgan fingerprint density at radius 3 is 2.72 bits per heavy atom. The quantitative estimate of drug-likeness (QED) is 0.895. The number of hydrogen-bond acceptors (Lipinski definition) is 2. The highest BCUT2D eigenvalue weighted by molar-refractivity contribution is 4.99. The van der Waals surface area contributed by atoms with E-state index in [-0.39, 0.29) is 5.41 Å². The van der Waals surface area contributed by atoms with Crippen molar-refractivity contribution in [2.75, 3.05) is 0 Å². The highest BCUT2D eigenvalue weighted by Crippen LogP contribution is 2.41. The molecule has 1 aromatic heterocycles. The van der Waals surface area contributed by atoms with Crippen LogP contribution in [0.3, 0.4) is 0 Å². The first-order valence-electron chi connectivity index (χ1n) is 7.12. The van der Waals surface area contributed by atoms with Gasteiger partial charge in [-0.3, -0.25) is 0 Å². The molecule has 0 spiro atoms. The van der Waals surface area contributed by atoms with Crippen LogP contribution in [0.4, 0.5) is 0 Å². The average Bonchev–Trinajstić information content (AvgIpc) is 2.63. The molecule has 3 nitrogen and oxygen atoms in total. The van der Waals surface area contributed by atoms with Crippen LogP contribution in [0.2, 0.25) is 0 Å². The van der Waals surface area contributed by atoms with Gasteiger partial charge in [-0.15, -0.1) is 0 Å². The lowest BCUT2D eigenvalue weighted by Gasteiger charge is -2.42. The molecule has 3 heteroatoms. The summed E-state index contributed by atoms with van der Waals surface area (Å²) < 4.78 is 2.12. The largest absolute Gasteiger partial charge is 0.338 e. The van der Waals surface area contributed by atoms with E-state index in [1.807, 2.05) is 12.4 Å². The van der Waals surface area contributed by atoms with Crippen LogP contribution in [0.5, 0.6) is 0 Å². The van der Waals surface area contributed by atoms with Crippen molar-refractivity contribution in [1.82, 2.24) is 9.55 Å². The molecule has 0 saturated heterocycles. The highest BCUT2D eigenvalue weighted by atomic mass is 15.0. The molecule has 1 fully saturated rings. The molecule has 18 heavy (non-hydrogen) atoms. The number of aryl methyl sites for hydroxylation is 1. The molecule has 1 aliphatic carbocycles. The molecule has 3 unspecified atom stereocenters. The van der Waals surface area contributed by atoms with E-state index < -0.39 is 0 Å². The van der Waals surface area contributed by atoms with Gasteiger partial charge >= 0.3 is 0 Å². The van der Waals surface area contributed by atoms with Crippen LogP contribution in [0, 0.1) is 17.3 Å². The smallest absolute Gasteiger partial charge is 0.108 e. The molecular weight excluding hydrogens is 222 g/mol. The van der Waals surface area contributed by atoms with Crippen molar-refractivity contribution in [2.45, 2.75) is 52.5 Å². The first-order chi connectivity index (χ1) is 8.40. The minimum absolute atomic E-state index is 0.235. The number of nitrogens with zero attached hydrogens (tertiary/aromatic N) is 2. The van der Waals surface area contributed by atoms with Crippen LogP contribution in [0.15, 0.2) is 12.4 Å². The van der Waals surface area contributed by atoms with Crippen molar-refractivity contribution in [3.05, 3.63) is 18.2 Å². The third-order valence-electron chi connectivity index (χ3n) is 4.70. The third-order valence-corrected chi connectivity index (χ3v) is 4.70. The second-order valence-electron chi connectivity index (χ2n) is 6.81. The fourth-order valence-electron chi connectivity index (χ4n) is 3.50. The first kappa shape index (κ1) is 13.6. The molecular formula is C15H27N3. The molecule has 0 amide bonds. The first-order valence-corrected chi connectivity index (χ1v) is 7.12. The fourth-order valence-corrected chi connectivity index (χ4v) is 3.50. The molecule has 0 aliphatic heterocycles. The zero-order valence-corrected chi connectivity index (χ0v) is 12.2. The van der Waals surface area contributed by atoms with E-state index in [9.17, 15) is 0 Å². The minimum Gasteiger partial charge on any atom is -0.338 e. The van der Waals surface area contributed by atoms with Gasteiger partial charge in [-0.25, -0.2) is 4.98 Å². The van der Waals surface area contributed by atoms with Crippen molar-refractivity contribution in [2.24, 2.45) is 30.0 Å². The van der Waals surface area contributed by atoms with Gasteiger partial charge in [0.25, 0.3) is 0 Å². The van der Waals surface area contributed by atoms with Gasteiger partial charge in [0, 0.05) is 31.9 Å². The van der Waals surface area contributed by atoms with Crippen molar-refractivity contribution < 1.29 is 0 Å². The molecule has 1 aliphatic rings. The van der Waals surface area contributed by atoms with Crippen LogP contribution in [0.1, 0.15) is 45.9 Å². The maximum Gasteiger partial charge on any atom is 0.108 e. The monoisotopic (exact) mass is 249 g/mol. The van der Waals surface area contributed by atoms with Crippen molar-refractivity contribution in [3.8, 4) is 0 Å². The number of nitrogens with two attached hydrogens (primary N) is 1. The average molecular weight is 249 g/mol. The van der Waals surface area contributed by atoms with Gasteiger partial charge in [-0.2, -0.15) is 0 Å². The van der Waals surface area contributed by atoms with Crippen molar-refractivity contribution in [1.29, 1.82) is 0 Å². The summed E-state index contributed by atoms with van der Waals surface area (Å²) in [7, 11) is 2.07. The standard InChI is InChI=1S/C15H27N3/c1-11-5-6-12(13(16)9-11)15(2,3)10-14-17-7-8-18(14)4/h7-8,11-13H,5-6,9-10,16H2,1-4H3. The predicted octanol–water partition coefficient (Wildman–Crippen LogP) is 2.75. The molecule has 1 aromatic rings. The summed E-state index contributed by atoms with van der Waals surface area (Å²) in [4.78, 5) is 4.46. The summed E-state index contributed by atoms with van der Waals surface area (Å²) in [6.45, 7) is 7.02. The van der Waals surface area contributed by atoms with Gasteiger partial charge in [0.05, 0.1) is 0 Å². The van der Waals surface area contributed by atoms with E-state index >= 15 is 0 Å². The summed E-state index contributed by atoms with van der Waals surface area (Å²) in [5, 5.41) is 0. The van der Waals surface area contributed by atoms with E-state index in [1.54, 1.807) is 0 Å². The van der Waals surface area contributed by atoms with Crippen LogP contribution in [0.25, 0.3) is 0 Å². The second kappa shape index (κ2) is 5.04. The zero-order chi connectivity index (χ0) is 13.3. The molecule has 3 atom stereocenters. The van der Waals surface area contributed by atoms with Gasteiger partial charge in [0.2, 0.25) is 0 Å². The third kappa shape index (κ3) is 2.77. The van der Waals surface area contributed by atoms with E-state index in [0.29, 0.717) is 12.0 Å². The summed E-state index contributed by atoms with van der Waals surface area (Å²) in [6, 6.07) is 0.351. The number of rotatable bonds is 3. The second-order valence-corrected chi connectivity index (χ2v) is 6.81. The molecule has 0 bridgehead atoms. The Kier molecular flexibility index (Phi) is 3.81. The Hall–Kier alpha value is -0.830. The summed E-state index contributed by atoms with van der Waals surface area (Å²) in [6.07, 6.45) is 8.68. The molecule has 0 aromatic carbocycles. The number of imidazole rings is 1. The van der Waals surface area contributed by atoms with Gasteiger partial charge in [0.1, 0.15) is 5.82 Å².